The molecule has 18 heavy (non-hydrogen) atoms. The van der Waals surface area contributed by atoms with Crippen LogP contribution in [0.5, 0.6) is 0 Å². The third-order valence-electron chi connectivity index (χ3n) is 4.16. The summed E-state index contributed by atoms with van der Waals surface area (Å²) in [5.41, 5.74) is 1.16. The van der Waals surface area contributed by atoms with Gasteiger partial charge in [0, 0.05) is 18.3 Å². The first-order valence-electron chi connectivity index (χ1n) is 7.46. The summed E-state index contributed by atoms with van der Waals surface area (Å²) in [6.07, 6.45) is 10.1. The van der Waals surface area contributed by atoms with Crippen LogP contribution in [0.2, 0.25) is 0 Å². The lowest BCUT2D eigenvalue weighted by molar-refractivity contribution is 0.265. The maximum absolute atomic E-state index is 4.43. The minimum absolute atomic E-state index is 0.374. The quantitative estimate of drug-likeness (QED) is 0.846. The Kier molecular flexibility index (Phi) is 5.18. The van der Waals surface area contributed by atoms with Crippen LogP contribution in [0.15, 0.2) is 24.4 Å². The molecular weight excluding hydrogens is 220 g/mol. The fourth-order valence-electron chi connectivity index (χ4n) is 3.10. The van der Waals surface area contributed by atoms with E-state index in [4.69, 9.17) is 0 Å². The number of aromatic nitrogens is 1. The standard InChI is InChI=1S/C16H26N2/c1-3-6-14-8-10-15(11-9-14)18-13(2)16-7-4-5-12-17-16/h4-5,7,12-15,18H,3,6,8-11H2,1-2H3/t13-,14?,15?/m0/s1. The second-order valence-electron chi connectivity index (χ2n) is 5.65. The molecule has 0 radical (unpaired) electrons. The Hall–Kier alpha value is -0.890. The molecule has 0 unspecified atom stereocenters. The molecule has 0 aromatic carbocycles. The van der Waals surface area contributed by atoms with Gasteiger partial charge in [-0.2, -0.15) is 0 Å². The van der Waals surface area contributed by atoms with Gasteiger partial charge >= 0.3 is 0 Å². The molecule has 0 amide bonds. The molecule has 1 aliphatic carbocycles. The van der Waals surface area contributed by atoms with E-state index >= 15 is 0 Å². The fraction of sp³-hybridized carbons (Fsp3) is 0.688. The van der Waals surface area contributed by atoms with Gasteiger partial charge in [-0.3, -0.25) is 4.98 Å². The predicted molar refractivity (Wildman–Crippen MR) is 76.4 cm³/mol. The monoisotopic (exact) mass is 246 g/mol. The molecule has 1 aliphatic rings. The second kappa shape index (κ2) is 6.89. The van der Waals surface area contributed by atoms with Gasteiger partial charge in [0.2, 0.25) is 0 Å². The Morgan fingerprint density at radius 1 is 1.28 bits per heavy atom. The highest BCUT2D eigenvalue weighted by molar-refractivity contribution is 5.07. The summed E-state index contributed by atoms with van der Waals surface area (Å²) in [6, 6.07) is 7.22. The van der Waals surface area contributed by atoms with Gasteiger partial charge in [-0.25, -0.2) is 0 Å². The van der Waals surface area contributed by atoms with Crippen LogP contribution >= 0.6 is 0 Å². The van der Waals surface area contributed by atoms with Crippen molar-refractivity contribution in [3.8, 4) is 0 Å². The highest BCUT2D eigenvalue weighted by Gasteiger charge is 2.22. The molecule has 1 atom stereocenters. The van der Waals surface area contributed by atoms with Crippen molar-refractivity contribution in [3.63, 3.8) is 0 Å². The van der Waals surface area contributed by atoms with Gasteiger partial charge in [-0.05, 0) is 50.7 Å². The first-order valence-corrected chi connectivity index (χ1v) is 7.46. The zero-order valence-corrected chi connectivity index (χ0v) is 11.7. The predicted octanol–water partition coefficient (Wildman–Crippen LogP) is 4.09. The molecule has 2 rings (SSSR count). The number of nitrogens with zero attached hydrogens (tertiary/aromatic N) is 1. The molecule has 1 heterocycles. The second-order valence-corrected chi connectivity index (χ2v) is 5.65. The van der Waals surface area contributed by atoms with Gasteiger partial charge in [0.05, 0.1) is 5.69 Å². The Morgan fingerprint density at radius 3 is 2.67 bits per heavy atom. The summed E-state index contributed by atoms with van der Waals surface area (Å²) < 4.78 is 0. The zero-order chi connectivity index (χ0) is 12.8. The van der Waals surface area contributed by atoms with Gasteiger partial charge in [0.15, 0.2) is 0 Å². The van der Waals surface area contributed by atoms with Gasteiger partial charge in [0.1, 0.15) is 0 Å². The van der Waals surface area contributed by atoms with Crippen molar-refractivity contribution in [2.45, 2.75) is 64.5 Å². The normalized spacial score (nSPS) is 25.9. The molecule has 2 nitrogen and oxygen atoms in total. The van der Waals surface area contributed by atoms with Crippen molar-refractivity contribution in [2.24, 2.45) is 5.92 Å². The number of rotatable bonds is 5. The minimum atomic E-state index is 0.374. The maximum atomic E-state index is 4.43. The summed E-state index contributed by atoms with van der Waals surface area (Å²) in [6.45, 7) is 4.52. The molecule has 1 aromatic heterocycles. The van der Waals surface area contributed by atoms with E-state index in [2.05, 4.69) is 36.3 Å². The number of nitrogens with one attached hydrogen (secondary N) is 1. The lowest BCUT2D eigenvalue weighted by atomic mass is 9.83. The third-order valence-corrected chi connectivity index (χ3v) is 4.16. The van der Waals surface area contributed by atoms with Crippen LogP contribution in [0, 0.1) is 5.92 Å². The molecule has 0 saturated heterocycles. The largest absolute Gasteiger partial charge is 0.306 e. The van der Waals surface area contributed by atoms with Gasteiger partial charge in [-0.15, -0.1) is 0 Å². The van der Waals surface area contributed by atoms with Crippen LogP contribution in [-0.4, -0.2) is 11.0 Å². The molecule has 0 bridgehead atoms. The lowest BCUT2D eigenvalue weighted by Crippen LogP contribution is -2.35. The molecular formula is C16H26N2. The third kappa shape index (κ3) is 3.81. The molecule has 1 saturated carbocycles. The molecule has 2 heteroatoms. The van der Waals surface area contributed by atoms with Crippen molar-refractivity contribution in [1.82, 2.24) is 10.3 Å². The Labute approximate surface area is 111 Å². The molecule has 100 valence electrons. The molecule has 0 spiro atoms. The molecule has 0 aliphatic heterocycles. The van der Waals surface area contributed by atoms with Crippen molar-refractivity contribution in [1.29, 1.82) is 0 Å². The average molecular weight is 246 g/mol. The van der Waals surface area contributed by atoms with E-state index in [1.54, 1.807) is 0 Å². The molecule has 1 aromatic rings. The van der Waals surface area contributed by atoms with E-state index in [1.165, 1.54) is 38.5 Å². The van der Waals surface area contributed by atoms with E-state index in [1.807, 2.05) is 12.3 Å². The Balaban J connectivity index is 1.78. The van der Waals surface area contributed by atoms with Gasteiger partial charge < -0.3 is 5.32 Å². The zero-order valence-electron chi connectivity index (χ0n) is 11.7. The fourth-order valence-corrected chi connectivity index (χ4v) is 3.10. The number of hydrogen-bond acceptors (Lipinski definition) is 2. The average Bonchev–Trinajstić information content (AvgIpc) is 2.42. The van der Waals surface area contributed by atoms with Crippen molar-refractivity contribution in [2.75, 3.05) is 0 Å². The van der Waals surface area contributed by atoms with E-state index in [0.29, 0.717) is 12.1 Å². The van der Waals surface area contributed by atoms with Crippen LogP contribution in [0.4, 0.5) is 0 Å². The van der Waals surface area contributed by atoms with Crippen molar-refractivity contribution in [3.05, 3.63) is 30.1 Å². The van der Waals surface area contributed by atoms with Crippen molar-refractivity contribution >= 4 is 0 Å². The molecule has 1 fully saturated rings. The summed E-state index contributed by atoms with van der Waals surface area (Å²) >= 11 is 0. The van der Waals surface area contributed by atoms with Gasteiger partial charge in [0.25, 0.3) is 0 Å². The number of hydrogen-bond donors (Lipinski definition) is 1. The van der Waals surface area contributed by atoms with Crippen molar-refractivity contribution < 1.29 is 0 Å². The Bertz CT molecular complexity index is 328. The van der Waals surface area contributed by atoms with Gasteiger partial charge in [-0.1, -0.05) is 25.8 Å². The summed E-state index contributed by atoms with van der Waals surface area (Å²) in [5, 5.41) is 3.74. The van der Waals surface area contributed by atoms with Crippen LogP contribution in [0.3, 0.4) is 0 Å². The van der Waals surface area contributed by atoms with E-state index < -0.39 is 0 Å². The number of pyridine rings is 1. The summed E-state index contributed by atoms with van der Waals surface area (Å²) in [7, 11) is 0. The van der Waals surface area contributed by atoms with E-state index in [9.17, 15) is 0 Å². The first kappa shape index (κ1) is 13.5. The van der Waals surface area contributed by atoms with Crippen LogP contribution in [-0.2, 0) is 0 Å². The minimum Gasteiger partial charge on any atom is -0.306 e. The van der Waals surface area contributed by atoms with Crippen LogP contribution < -0.4 is 5.32 Å². The van der Waals surface area contributed by atoms with E-state index in [-0.39, 0.29) is 0 Å². The lowest BCUT2D eigenvalue weighted by Gasteiger charge is -2.31. The summed E-state index contributed by atoms with van der Waals surface area (Å²) in [4.78, 5) is 4.43. The topological polar surface area (TPSA) is 24.9 Å². The highest BCUT2D eigenvalue weighted by Crippen LogP contribution is 2.28. The highest BCUT2D eigenvalue weighted by atomic mass is 15.0. The molecule has 1 N–H and O–H groups in total. The SMILES string of the molecule is CCCC1CCC(N[C@@H](C)c2ccccn2)CC1. The van der Waals surface area contributed by atoms with E-state index in [0.717, 1.165) is 11.6 Å². The first-order chi connectivity index (χ1) is 8.79. The maximum Gasteiger partial charge on any atom is 0.0570 e. The van der Waals surface area contributed by atoms with Crippen LogP contribution in [0.1, 0.15) is 64.1 Å². The Morgan fingerprint density at radius 2 is 2.06 bits per heavy atom. The van der Waals surface area contributed by atoms with Crippen LogP contribution in [0.25, 0.3) is 0 Å². The smallest absolute Gasteiger partial charge is 0.0570 e. The summed E-state index contributed by atoms with van der Waals surface area (Å²) in [5.74, 6) is 0.984.